The number of ether oxygens (including phenoxy) is 1. The van der Waals surface area contributed by atoms with E-state index in [4.69, 9.17) is 4.74 Å². The lowest BCUT2D eigenvalue weighted by Crippen LogP contribution is -2.45. The molecule has 0 spiro atoms. The summed E-state index contributed by atoms with van der Waals surface area (Å²) < 4.78 is 5.31. The number of carbonyl (C=O) groups excluding carboxylic acids is 1. The lowest BCUT2D eigenvalue weighted by atomic mass is 9.79. The summed E-state index contributed by atoms with van der Waals surface area (Å²) in [5, 5.41) is 4.20. The number of hydrogen-bond donors (Lipinski definition) is 1. The average Bonchev–Trinajstić information content (AvgIpc) is 2.66. The highest BCUT2D eigenvalue weighted by atomic mass is 16.5. The minimum atomic E-state index is -0.288. The highest BCUT2D eigenvalue weighted by molar-refractivity contribution is 5.97. The first-order chi connectivity index (χ1) is 13.6. The molecular weight excluding hydrogens is 362 g/mol. The van der Waals surface area contributed by atoms with Gasteiger partial charge in [0.15, 0.2) is 0 Å². The van der Waals surface area contributed by atoms with Gasteiger partial charge in [-0.25, -0.2) is 5.43 Å². The predicted octanol–water partition coefficient (Wildman–Crippen LogP) is 4.80. The maximum Gasteiger partial charge on any atom is 0.275 e. The van der Waals surface area contributed by atoms with E-state index in [2.05, 4.69) is 62.3 Å². The zero-order valence-electron chi connectivity index (χ0n) is 18.5. The van der Waals surface area contributed by atoms with Crippen molar-refractivity contribution in [3.05, 3.63) is 58.1 Å². The molecule has 0 bridgehead atoms. The van der Waals surface area contributed by atoms with Gasteiger partial charge in [0.2, 0.25) is 0 Å². The van der Waals surface area contributed by atoms with E-state index < -0.39 is 0 Å². The molecule has 2 aromatic carbocycles. The number of amides is 1. The van der Waals surface area contributed by atoms with Crippen LogP contribution < -0.4 is 15.1 Å². The van der Waals surface area contributed by atoms with Crippen LogP contribution in [0.15, 0.2) is 35.4 Å². The number of aryl methyl sites for hydroxylation is 2. The lowest BCUT2D eigenvalue weighted by molar-refractivity contribution is 0.0952. The standard InChI is InChI=1S/C24H31N3O2/c1-15-8-9-19(22(10-15)29-7)23(28)26-25-14-18-12-20-17(3)13-24(4,5)27(6)21(20)11-16(18)2/h8-12,14,17H,13H2,1-7H3,(H,26,28)/b25-14-/t17-/m0/s1. The number of hydrogen-bond acceptors (Lipinski definition) is 4. The Morgan fingerprint density at radius 2 is 2.00 bits per heavy atom. The molecule has 0 fully saturated rings. The van der Waals surface area contributed by atoms with E-state index in [1.165, 1.54) is 11.3 Å². The Hall–Kier alpha value is -2.82. The number of fused-ring (bicyclic) bond motifs is 1. The maximum atomic E-state index is 12.5. The van der Waals surface area contributed by atoms with Crippen LogP contribution in [0.5, 0.6) is 5.75 Å². The normalized spacial score (nSPS) is 17.9. The molecule has 29 heavy (non-hydrogen) atoms. The van der Waals surface area contributed by atoms with Crippen molar-refractivity contribution in [1.29, 1.82) is 0 Å². The van der Waals surface area contributed by atoms with Crippen molar-refractivity contribution < 1.29 is 9.53 Å². The zero-order valence-corrected chi connectivity index (χ0v) is 18.5. The maximum absolute atomic E-state index is 12.5. The van der Waals surface area contributed by atoms with Crippen LogP contribution in [0, 0.1) is 13.8 Å². The Balaban J connectivity index is 1.82. The Labute approximate surface area is 173 Å². The highest BCUT2D eigenvalue weighted by Gasteiger charge is 2.34. The minimum absolute atomic E-state index is 0.134. The molecule has 0 aliphatic carbocycles. The van der Waals surface area contributed by atoms with Crippen LogP contribution in [-0.4, -0.2) is 31.8 Å². The Kier molecular flexibility index (Phi) is 5.69. The SMILES string of the molecule is COc1cc(C)ccc1C(=O)N/N=C\c1cc2c(cc1C)N(C)C(C)(C)C[C@@H]2C. The fourth-order valence-corrected chi connectivity index (χ4v) is 4.08. The second-order valence-electron chi connectivity index (χ2n) is 8.65. The molecule has 1 aliphatic rings. The highest BCUT2D eigenvalue weighted by Crippen LogP contribution is 2.43. The Bertz CT molecular complexity index is 963. The quantitative estimate of drug-likeness (QED) is 0.600. The van der Waals surface area contributed by atoms with Crippen LogP contribution in [0.3, 0.4) is 0 Å². The smallest absolute Gasteiger partial charge is 0.275 e. The van der Waals surface area contributed by atoms with Crippen molar-refractivity contribution in [1.82, 2.24) is 5.43 Å². The summed E-state index contributed by atoms with van der Waals surface area (Å²) in [6.07, 6.45) is 2.82. The van der Waals surface area contributed by atoms with Crippen LogP contribution in [0.4, 0.5) is 5.69 Å². The molecule has 1 amide bonds. The number of rotatable bonds is 4. The Morgan fingerprint density at radius 1 is 1.28 bits per heavy atom. The number of nitrogens with zero attached hydrogens (tertiary/aromatic N) is 2. The van der Waals surface area contributed by atoms with Crippen LogP contribution >= 0.6 is 0 Å². The van der Waals surface area contributed by atoms with Crippen molar-refractivity contribution >= 4 is 17.8 Å². The van der Waals surface area contributed by atoms with Gasteiger partial charge in [-0.05, 0) is 86.6 Å². The van der Waals surface area contributed by atoms with Crippen LogP contribution in [0.2, 0.25) is 0 Å². The lowest BCUT2D eigenvalue weighted by Gasteiger charge is -2.45. The van der Waals surface area contributed by atoms with Crippen molar-refractivity contribution in [3.63, 3.8) is 0 Å². The molecule has 5 nitrogen and oxygen atoms in total. The summed E-state index contributed by atoms with van der Waals surface area (Å²) in [6.45, 7) is 10.9. The summed E-state index contributed by atoms with van der Waals surface area (Å²) in [6, 6.07) is 9.89. The monoisotopic (exact) mass is 393 g/mol. The topological polar surface area (TPSA) is 53.9 Å². The third kappa shape index (κ3) is 4.14. The average molecular weight is 394 g/mol. The molecule has 1 atom stereocenters. The van der Waals surface area contributed by atoms with Crippen molar-refractivity contribution in [3.8, 4) is 5.75 Å². The van der Waals surface area contributed by atoms with E-state index in [9.17, 15) is 4.79 Å². The van der Waals surface area contributed by atoms with Gasteiger partial charge in [0, 0.05) is 18.3 Å². The van der Waals surface area contributed by atoms with Crippen molar-refractivity contribution in [2.75, 3.05) is 19.1 Å². The number of methoxy groups -OCH3 is 1. The minimum Gasteiger partial charge on any atom is -0.496 e. The zero-order chi connectivity index (χ0) is 21.3. The summed E-state index contributed by atoms with van der Waals surface area (Å²) in [4.78, 5) is 14.9. The molecule has 3 rings (SSSR count). The van der Waals surface area contributed by atoms with Gasteiger partial charge in [-0.3, -0.25) is 4.79 Å². The molecule has 2 aromatic rings. The molecule has 0 saturated heterocycles. The second kappa shape index (κ2) is 7.90. The molecule has 154 valence electrons. The fourth-order valence-electron chi connectivity index (χ4n) is 4.08. The first-order valence-corrected chi connectivity index (χ1v) is 10.0. The number of hydrazone groups is 1. The summed E-state index contributed by atoms with van der Waals surface area (Å²) in [5.41, 5.74) is 9.00. The van der Waals surface area contributed by atoms with E-state index in [0.717, 1.165) is 23.1 Å². The van der Waals surface area contributed by atoms with Gasteiger partial charge >= 0.3 is 0 Å². The first kappa shape index (κ1) is 20.9. The number of benzene rings is 2. The third-order valence-corrected chi connectivity index (χ3v) is 5.99. The number of anilines is 1. The van der Waals surface area contributed by atoms with E-state index in [1.54, 1.807) is 19.4 Å². The number of nitrogens with one attached hydrogen (secondary N) is 1. The van der Waals surface area contributed by atoms with Crippen LogP contribution in [0.25, 0.3) is 0 Å². The molecule has 1 heterocycles. The van der Waals surface area contributed by atoms with Gasteiger partial charge in [0.05, 0.1) is 18.9 Å². The molecule has 1 aliphatic heterocycles. The second-order valence-corrected chi connectivity index (χ2v) is 8.65. The van der Waals surface area contributed by atoms with E-state index >= 15 is 0 Å². The van der Waals surface area contributed by atoms with Crippen molar-refractivity contribution in [2.45, 2.75) is 52.5 Å². The van der Waals surface area contributed by atoms with Crippen LogP contribution in [0.1, 0.15) is 65.7 Å². The molecule has 5 heteroatoms. The Morgan fingerprint density at radius 3 is 2.69 bits per heavy atom. The molecule has 0 saturated carbocycles. The van der Waals surface area contributed by atoms with Gasteiger partial charge < -0.3 is 9.64 Å². The molecule has 0 radical (unpaired) electrons. The van der Waals surface area contributed by atoms with Crippen LogP contribution in [-0.2, 0) is 0 Å². The van der Waals surface area contributed by atoms with Gasteiger partial charge in [-0.2, -0.15) is 5.10 Å². The fraction of sp³-hybridized carbons (Fsp3) is 0.417. The van der Waals surface area contributed by atoms with Gasteiger partial charge in [0.1, 0.15) is 5.75 Å². The van der Waals surface area contributed by atoms with Gasteiger partial charge in [-0.1, -0.05) is 13.0 Å². The molecule has 0 unspecified atom stereocenters. The molecule has 0 aromatic heterocycles. The van der Waals surface area contributed by atoms with Crippen molar-refractivity contribution in [2.24, 2.45) is 5.10 Å². The van der Waals surface area contributed by atoms with Gasteiger partial charge in [-0.15, -0.1) is 0 Å². The molecule has 1 N–H and O–H groups in total. The third-order valence-electron chi connectivity index (χ3n) is 5.99. The molecular formula is C24H31N3O2. The number of carbonyl (C=O) groups is 1. The summed E-state index contributed by atoms with van der Waals surface area (Å²) >= 11 is 0. The largest absolute Gasteiger partial charge is 0.496 e. The predicted molar refractivity (Wildman–Crippen MR) is 119 cm³/mol. The van der Waals surface area contributed by atoms with E-state index in [-0.39, 0.29) is 11.4 Å². The van der Waals surface area contributed by atoms with Gasteiger partial charge in [0.25, 0.3) is 5.91 Å². The van der Waals surface area contributed by atoms with E-state index in [1.807, 2.05) is 19.1 Å². The van der Waals surface area contributed by atoms with E-state index in [0.29, 0.717) is 17.2 Å². The first-order valence-electron chi connectivity index (χ1n) is 10.0. The summed E-state index contributed by atoms with van der Waals surface area (Å²) in [7, 11) is 3.72. The summed E-state index contributed by atoms with van der Waals surface area (Å²) in [5.74, 6) is 0.723.